The van der Waals surface area contributed by atoms with Gasteiger partial charge in [0, 0.05) is 12.1 Å². The Labute approximate surface area is 153 Å². The summed E-state index contributed by atoms with van der Waals surface area (Å²) in [5.74, 6) is 0.276. The molecule has 140 valence electrons. The molecular weight excluding hydrogens is 332 g/mol. The molecule has 0 aliphatic heterocycles. The highest BCUT2D eigenvalue weighted by Crippen LogP contribution is 2.17. The van der Waals surface area contributed by atoms with E-state index in [1.54, 1.807) is 32.9 Å². The molecule has 0 saturated carbocycles. The zero-order chi connectivity index (χ0) is 19.2. The summed E-state index contributed by atoms with van der Waals surface area (Å²) >= 11 is 0. The fraction of sp³-hybridized carbons (Fsp3) is 0.400. The van der Waals surface area contributed by atoms with E-state index in [0.29, 0.717) is 5.76 Å². The molecule has 1 atom stereocenters. The van der Waals surface area contributed by atoms with Gasteiger partial charge in [-0.15, -0.1) is 0 Å². The first-order valence-corrected chi connectivity index (χ1v) is 8.69. The molecule has 26 heavy (non-hydrogen) atoms. The monoisotopic (exact) mass is 358 g/mol. The maximum atomic E-state index is 12.8. The lowest BCUT2D eigenvalue weighted by molar-refractivity contribution is -0.118. The fourth-order valence-electron chi connectivity index (χ4n) is 2.46. The number of para-hydroxylation sites is 1. The van der Waals surface area contributed by atoms with Crippen molar-refractivity contribution in [3.05, 3.63) is 54.0 Å². The molecular formula is C20H26N2O4. The van der Waals surface area contributed by atoms with Gasteiger partial charge in [0.05, 0.1) is 6.26 Å². The van der Waals surface area contributed by atoms with Gasteiger partial charge in [0.25, 0.3) is 0 Å². The smallest absolute Gasteiger partial charge is 0.408 e. The summed E-state index contributed by atoms with van der Waals surface area (Å²) in [6.45, 7) is 7.33. The molecule has 0 saturated heterocycles. The van der Waals surface area contributed by atoms with Crippen LogP contribution in [0.15, 0.2) is 47.1 Å². The lowest BCUT2D eigenvalue weighted by Gasteiger charge is -2.23. The van der Waals surface area contributed by atoms with E-state index >= 15 is 0 Å². The number of benzene rings is 1. The Morgan fingerprint density at radius 3 is 2.50 bits per heavy atom. The molecule has 1 aromatic carbocycles. The summed E-state index contributed by atoms with van der Waals surface area (Å²) in [4.78, 5) is 24.9. The molecule has 0 fully saturated rings. The number of carbonyl (C=O) groups is 2. The molecule has 2 rings (SSSR count). The van der Waals surface area contributed by atoms with Crippen LogP contribution in [-0.2, 0) is 22.4 Å². The van der Waals surface area contributed by atoms with Crippen LogP contribution in [0.1, 0.15) is 39.0 Å². The van der Waals surface area contributed by atoms with Crippen molar-refractivity contribution in [3.8, 4) is 0 Å². The quantitative estimate of drug-likeness (QED) is 0.820. The van der Waals surface area contributed by atoms with E-state index < -0.39 is 17.7 Å². The summed E-state index contributed by atoms with van der Waals surface area (Å²) in [6.07, 6.45) is 1.91. The van der Waals surface area contributed by atoms with E-state index in [0.717, 1.165) is 17.7 Å². The Morgan fingerprint density at radius 2 is 1.88 bits per heavy atom. The number of rotatable bonds is 6. The average molecular weight is 358 g/mol. The van der Waals surface area contributed by atoms with Crippen molar-refractivity contribution >= 4 is 17.7 Å². The van der Waals surface area contributed by atoms with Crippen LogP contribution in [0.3, 0.4) is 0 Å². The zero-order valence-corrected chi connectivity index (χ0v) is 15.7. The van der Waals surface area contributed by atoms with E-state index in [1.165, 1.54) is 6.26 Å². The van der Waals surface area contributed by atoms with Crippen molar-refractivity contribution in [2.45, 2.75) is 52.2 Å². The van der Waals surface area contributed by atoms with Crippen LogP contribution in [0, 0.1) is 0 Å². The molecule has 6 nitrogen and oxygen atoms in total. The molecule has 0 spiro atoms. The van der Waals surface area contributed by atoms with Crippen molar-refractivity contribution in [2.24, 2.45) is 0 Å². The van der Waals surface area contributed by atoms with Crippen molar-refractivity contribution < 1.29 is 18.7 Å². The van der Waals surface area contributed by atoms with Crippen LogP contribution in [0.25, 0.3) is 0 Å². The maximum Gasteiger partial charge on any atom is 0.408 e. The second kappa shape index (κ2) is 8.56. The minimum absolute atomic E-state index is 0.229. The molecule has 0 aliphatic carbocycles. The van der Waals surface area contributed by atoms with Gasteiger partial charge < -0.3 is 19.8 Å². The van der Waals surface area contributed by atoms with Gasteiger partial charge in [-0.05, 0) is 51.0 Å². The van der Waals surface area contributed by atoms with Gasteiger partial charge in [0.2, 0.25) is 5.91 Å². The number of anilines is 1. The Balaban J connectivity index is 2.13. The highest BCUT2D eigenvalue weighted by molar-refractivity contribution is 5.97. The van der Waals surface area contributed by atoms with Crippen LogP contribution in [0.2, 0.25) is 0 Å². The molecule has 2 amide bonds. The third-order valence-electron chi connectivity index (χ3n) is 3.65. The van der Waals surface area contributed by atoms with Gasteiger partial charge >= 0.3 is 6.09 Å². The minimum atomic E-state index is -0.819. The lowest BCUT2D eigenvalue weighted by atomic mass is 10.1. The standard InChI is InChI=1S/C20H26N2O4/c1-5-14-9-6-7-11-16(14)21-18(23)17(13-15-10-8-12-25-15)22-19(24)26-20(2,3)4/h6-12,17H,5,13H2,1-4H3,(H,21,23)(H,22,24). The SMILES string of the molecule is CCc1ccccc1NC(=O)C(Cc1ccco1)NC(=O)OC(C)(C)C. The highest BCUT2D eigenvalue weighted by Gasteiger charge is 2.26. The predicted molar refractivity (Wildman–Crippen MR) is 100 cm³/mol. The van der Waals surface area contributed by atoms with E-state index in [1.807, 2.05) is 31.2 Å². The number of hydrogen-bond donors (Lipinski definition) is 2. The maximum absolute atomic E-state index is 12.8. The number of furan rings is 1. The largest absolute Gasteiger partial charge is 0.469 e. The normalized spacial score (nSPS) is 12.3. The number of amides is 2. The lowest BCUT2D eigenvalue weighted by Crippen LogP contribution is -2.47. The summed E-state index contributed by atoms with van der Waals surface area (Å²) in [7, 11) is 0. The average Bonchev–Trinajstić information content (AvgIpc) is 3.06. The molecule has 0 radical (unpaired) electrons. The Bertz CT molecular complexity index is 733. The number of ether oxygens (including phenoxy) is 1. The first kappa shape index (κ1) is 19.6. The second-order valence-electron chi connectivity index (χ2n) is 6.98. The van der Waals surface area contributed by atoms with Gasteiger partial charge in [-0.1, -0.05) is 25.1 Å². The van der Waals surface area contributed by atoms with E-state index in [9.17, 15) is 9.59 Å². The van der Waals surface area contributed by atoms with Gasteiger partial charge in [-0.2, -0.15) is 0 Å². The van der Waals surface area contributed by atoms with Crippen molar-refractivity contribution in [1.29, 1.82) is 0 Å². The van der Waals surface area contributed by atoms with Crippen molar-refractivity contribution in [1.82, 2.24) is 5.32 Å². The first-order chi connectivity index (χ1) is 12.3. The predicted octanol–water partition coefficient (Wildman–Crippen LogP) is 3.92. The number of nitrogens with one attached hydrogen (secondary N) is 2. The third kappa shape index (κ3) is 5.95. The second-order valence-corrected chi connectivity index (χ2v) is 6.98. The summed E-state index contributed by atoms with van der Waals surface area (Å²) in [5.41, 5.74) is 1.11. The van der Waals surface area contributed by atoms with Crippen molar-refractivity contribution in [2.75, 3.05) is 5.32 Å². The topological polar surface area (TPSA) is 80.6 Å². The Hall–Kier alpha value is -2.76. The highest BCUT2D eigenvalue weighted by atomic mass is 16.6. The molecule has 6 heteroatoms. The molecule has 2 N–H and O–H groups in total. The molecule has 1 unspecified atom stereocenters. The van der Waals surface area contributed by atoms with E-state index in [2.05, 4.69) is 10.6 Å². The van der Waals surface area contributed by atoms with Crippen molar-refractivity contribution in [3.63, 3.8) is 0 Å². The van der Waals surface area contributed by atoms with E-state index in [4.69, 9.17) is 9.15 Å². The van der Waals surface area contributed by atoms with Crippen LogP contribution < -0.4 is 10.6 Å². The van der Waals surface area contributed by atoms with Gasteiger partial charge in [-0.3, -0.25) is 4.79 Å². The van der Waals surface area contributed by atoms with Crippen LogP contribution in [0.4, 0.5) is 10.5 Å². The number of carbonyl (C=O) groups excluding carboxylic acids is 2. The Kier molecular flexibility index (Phi) is 6.44. The minimum Gasteiger partial charge on any atom is -0.469 e. The zero-order valence-electron chi connectivity index (χ0n) is 15.7. The molecule has 0 aliphatic rings. The molecule has 0 bridgehead atoms. The van der Waals surface area contributed by atoms with Crippen LogP contribution in [-0.4, -0.2) is 23.6 Å². The summed E-state index contributed by atoms with van der Waals surface area (Å²) < 4.78 is 10.6. The Morgan fingerprint density at radius 1 is 1.15 bits per heavy atom. The van der Waals surface area contributed by atoms with E-state index in [-0.39, 0.29) is 12.3 Å². The van der Waals surface area contributed by atoms with Gasteiger partial charge in [-0.25, -0.2) is 4.79 Å². The summed E-state index contributed by atoms with van der Waals surface area (Å²) in [5, 5.41) is 5.53. The fourth-order valence-corrected chi connectivity index (χ4v) is 2.46. The first-order valence-electron chi connectivity index (χ1n) is 8.69. The van der Waals surface area contributed by atoms with Gasteiger partial charge in [0.15, 0.2) is 0 Å². The number of alkyl carbamates (subject to hydrolysis) is 1. The molecule has 1 heterocycles. The number of aryl methyl sites for hydroxylation is 1. The third-order valence-corrected chi connectivity index (χ3v) is 3.65. The van der Waals surface area contributed by atoms with Crippen LogP contribution in [0.5, 0.6) is 0 Å². The molecule has 2 aromatic rings. The molecule has 1 aromatic heterocycles. The van der Waals surface area contributed by atoms with Gasteiger partial charge in [0.1, 0.15) is 17.4 Å². The summed E-state index contributed by atoms with van der Waals surface area (Å²) in [6, 6.07) is 10.3. The number of hydrogen-bond acceptors (Lipinski definition) is 4. The van der Waals surface area contributed by atoms with Crippen LogP contribution >= 0.6 is 0 Å².